The standard InChI is InChI=1S/C29H22N2O3S/c1-19-11-17-22(18-12-19)35(32,33)31-26-10-6-4-8-24(26)28-27(20-13-15-21(34-2)16-14-20)23-7-3-5-9-25(23)30-29(28)31/h3-18H,1-2H3. The van der Waals surface area contributed by atoms with Gasteiger partial charge in [0, 0.05) is 21.7 Å². The van der Waals surface area contributed by atoms with Gasteiger partial charge in [0.1, 0.15) is 5.75 Å². The highest BCUT2D eigenvalue weighted by Crippen LogP contribution is 2.41. The number of rotatable bonds is 4. The van der Waals surface area contributed by atoms with Gasteiger partial charge < -0.3 is 4.74 Å². The number of aromatic nitrogens is 2. The maximum atomic E-state index is 14.0. The lowest BCUT2D eigenvalue weighted by Crippen LogP contribution is -2.13. The van der Waals surface area contributed by atoms with Crippen molar-refractivity contribution in [2.45, 2.75) is 11.8 Å². The molecule has 0 aliphatic carbocycles. The molecule has 0 saturated heterocycles. The monoisotopic (exact) mass is 478 g/mol. The van der Waals surface area contributed by atoms with Gasteiger partial charge in [0.05, 0.1) is 23.0 Å². The number of methoxy groups -OCH3 is 1. The van der Waals surface area contributed by atoms with Crippen molar-refractivity contribution in [3.05, 3.63) is 103 Å². The summed E-state index contributed by atoms with van der Waals surface area (Å²) in [5.41, 5.74) is 4.65. The number of para-hydroxylation sites is 2. The van der Waals surface area contributed by atoms with Crippen molar-refractivity contribution < 1.29 is 13.2 Å². The molecule has 6 rings (SSSR count). The lowest BCUT2D eigenvalue weighted by atomic mass is 9.96. The minimum atomic E-state index is -3.91. The van der Waals surface area contributed by atoms with Crippen LogP contribution in [0.15, 0.2) is 102 Å². The van der Waals surface area contributed by atoms with Crippen LogP contribution in [-0.4, -0.2) is 24.5 Å². The molecule has 0 unspecified atom stereocenters. The summed E-state index contributed by atoms with van der Waals surface area (Å²) in [5.74, 6) is 0.757. The molecule has 0 aliphatic heterocycles. The lowest BCUT2D eigenvalue weighted by Gasteiger charge is -2.12. The van der Waals surface area contributed by atoms with Crippen LogP contribution in [0.3, 0.4) is 0 Å². The van der Waals surface area contributed by atoms with Gasteiger partial charge in [0.25, 0.3) is 10.0 Å². The largest absolute Gasteiger partial charge is 0.497 e. The van der Waals surface area contributed by atoms with E-state index in [0.29, 0.717) is 11.2 Å². The Morgan fingerprint density at radius 1 is 0.771 bits per heavy atom. The Morgan fingerprint density at radius 2 is 1.43 bits per heavy atom. The third kappa shape index (κ3) is 3.29. The number of aryl methyl sites for hydroxylation is 1. The van der Waals surface area contributed by atoms with E-state index in [9.17, 15) is 8.42 Å². The first-order chi connectivity index (χ1) is 17.0. The van der Waals surface area contributed by atoms with E-state index in [1.54, 1.807) is 19.2 Å². The fourth-order valence-corrected chi connectivity index (χ4v) is 6.16. The second kappa shape index (κ2) is 7.96. The normalized spacial score (nSPS) is 11.9. The molecule has 0 saturated carbocycles. The van der Waals surface area contributed by atoms with Crippen molar-refractivity contribution in [1.29, 1.82) is 0 Å². The number of nitrogens with zero attached hydrogens (tertiary/aromatic N) is 2. The zero-order valence-corrected chi connectivity index (χ0v) is 20.1. The van der Waals surface area contributed by atoms with E-state index in [1.165, 1.54) is 3.97 Å². The molecule has 0 amide bonds. The fraction of sp³-hybridized carbons (Fsp3) is 0.0690. The number of hydrogen-bond donors (Lipinski definition) is 0. The van der Waals surface area contributed by atoms with Crippen LogP contribution in [0.1, 0.15) is 5.56 Å². The van der Waals surface area contributed by atoms with Crippen LogP contribution >= 0.6 is 0 Å². The average molecular weight is 479 g/mol. The Bertz CT molecular complexity index is 1840. The van der Waals surface area contributed by atoms with E-state index < -0.39 is 10.0 Å². The van der Waals surface area contributed by atoms with E-state index in [2.05, 4.69) is 0 Å². The van der Waals surface area contributed by atoms with Crippen molar-refractivity contribution in [1.82, 2.24) is 8.96 Å². The summed E-state index contributed by atoms with van der Waals surface area (Å²) in [5, 5.41) is 2.60. The smallest absolute Gasteiger partial charge is 0.269 e. The summed E-state index contributed by atoms with van der Waals surface area (Å²) in [6.07, 6.45) is 0. The molecule has 2 aromatic heterocycles. The van der Waals surface area contributed by atoms with Gasteiger partial charge in [-0.1, -0.05) is 66.2 Å². The predicted octanol–water partition coefficient (Wildman–Crippen LogP) is 6.56. The van der Waals surface area contributed by atoms with Crippen LogP contribution in [0.2, 0.25) is 0 Å². The lowest BCUT2D eigenvalue weighted by molar-refractivity contribution is 0.415. The predicted molar refractivity (Wildman–Crippen MR) is 140 cm³/mol. The second-order valence-corrected chi connectivity index (χ2v) is 10.3. The summed E-state index contributed by atoms with van der Waals surface area (Å²) in [7, 11) is -2.27. The molecule has 0 bridgehead atoms. The van der Waals surface area contributed by atoms with Crippen molar-refractivity contribution in [3.8, 4) is 16.9 Å². The molecule has 5 nitrogen and oxygen atoms in total. The number of hydrogen-bond acceptors (Lipinski definition) is 4. The van der Waals surface area contributed by atoms with Crippen molar-refractivity contribution >= 4 is 42.9 Å². The molecule has 0 spiro atoms. The molecule has 0 N–H and O–H groups in total. The van der Waals surface area contributed by atoms with Crippen LogP contribution in [0.5, 0.6) is 5.75 Å². The van der Waals surface area contributed by atoms with Gasteiger partial charge in [0.2, 0.25) is 0 Å². The number of ether oxygens (including phenoxy) is 1. The van der Waals surface area contributed by atoms with E-state index in [1.807, 2.05) is 91.9 Å². The molecule has 35 heavy (non-hydrogen) atoms. The summed E-state index contributed by atoms with van der Waals surface area (Å²) in [4.78, 5) is 5.13. The molecule has 2 heterocycles. The minimum Gasteiger partial charge on any atom is -0.497 e. The van der Waals surface area contributed by atoms with Crippen molar-refractivity contribution in [2.75, 3.05) is 7.11 Å². The molecule has 4 aromatic carbocycles. The first-order valence-corrected chi connectivity index (χ1v) is 12.7. The Morgan fingerprint density at radius 3 is 2.14 bits per heavy atom. The highest BCUT2D eigenvalue weighted by atomic mass is 32.2. The molecule has 6 aromatic rings. The van der Waals surface area contributed by atoms with Crippen LogP contribution in [0.25, 0.3) is 44.0 Å². The molecule has 172 valence electrons. The number of fused-ring (bicyclic) bond motifs is 4. The van der Waals surface area contributed by atoms with Gasteiger partial charge in [-0.05, 0) is 48.9 Å². The van der Waals surface area contributed by atoms with Crippen molar-refractivity contribution in [2.24, 2.45) is 0 Å². The summed E-state index contributed by atoms with van der Waals surface area (Å²) >= 11 is 0. The van der Waals surface area contributed by atoms with Gasteiger partial charge in [-0.3, -0.25) is 0 Å². The second-order valence-electron chi connectivity index (χ2n) is 8.53. The van der Waals surface area contributed by atoms with E-state index in [0.717, 1.165) is 44.1 Å². The molecule has 0 aliphatic rings. The summed E-state index contributed by atoms with van der Waals surface area (Å²) in [6.45, 7) is 1.94. The topological polar surface area (TPSA) is 61.2 Å². The van der Waals surface area contributed by atoms with Gasteiger partial charge >= 0.3 is 0 Å². The van der Waals surface area contributed by atoms with Crippen LogP contribution in [0, 0.1) is 6.92 Å². The Hall–Kier alpha value is -4.16. The average Bonchev–Trinajstić information content (AvgIpc) is 3.22. The summed E-state index contributed by atoms with van der Waals surface area (Å²) in [6, 6.07) is 30.2. The number of pyridine rings is 1. The van der Waals surface area contributed by atoms with Crippen LogP contribution < -0.4 is 4.74 Å². The maximum Gasteiger partial charge on any atom is 0.269 e. The van der Waals surface area contributed by atoms with Gasteiger partial charge in [-0.15, -0.1) is 0 Å². The zero-order chi connectivity index (χ0) is 24.2. The maximum absolute atomic E-state index is 14.0. The first kappa shape index (κ1) is 21.4. The molecule has 6 heteroatoms. The van der Waals surface area contributed by atoms with E-state index >= 15 is 0 Å². The molecule has 0 radical (unpaired) electrons. The van der Waals surface area contributed by atoms with Gasteiger partial charge in [-0.25, -0.2) is 17.4 Å². The molecule has 0 atom stereocenters. The summed E-state index contributed by atoms with van der Waals surface area (Å²) < 4.78 is 34.8. The Kier molecular flexibility index (Phi) is 4.86. The van der Waals surface area contributed by atoms with Crippen LogP contribution in [0.4, 0.5) is 0 Å². The third-order valence-corrected chi connectivity index (χ3v) is 8.11. The molecule has 0 fully saturated rings. The van der Waals surface area contributed by atoms with Crippen LogP contribution in [-0.2, 0) is 10.0 Å². The minimum absolute atomic E-state index is 0.228. The number of benzene rings is 4. The zero-order valence-electron chi connectivity index (χ0n) is 19.3. The SMILES string of the molecule is COc1ccc(-c2c3ccccc3nc3c2c2ccccc2n3S(=O)(=O)c2ccc(C)cc2)cc1. The Balaban J connectivity index is 1.80. The van der Waals surface area contributed by atoms with Gasteiger partial charge in [-0.2, -0.15) is 0 Å². The highest BCUT2D eigenvalue weighted by Gasteiger charge is 2.27. The molecular formula is C29H22N2O3S. The van der Waals surface area contributed by atoms with E-state index in [-0.39, 0.29) is 4.90 Å². The fourth-order valence-electron chi connectivity index (χ4n) is 4.69. The highest BCUT2D eigenvalue weighted by molar-refractivity contribution is 7.90. The van der Waals surface area contributed by atoms with Crippen molar-refractivity contribution in [3.63, 3.8) is 0 Å². The van der Waals surface area contributed by atoms with E-state index in [4.69, 9.17) is 9.72 Å². The van der Waals surface area contributed by atoms with Gasteiger partial charge in [0.15, 0.2) is 5.65 Å². The third-order valence-electron chi connectivity index (χ3n) is 6.40. The quantitative estimate of drug-likeness (QED) is 0.288. The Labute approximate surface area is 203 Å². The first-order valence-electron chi connectivity index (χ1n) is 11.3. The molecular weight excluding hydrogens is 456 g/mol.